The molecule has 0 atom stereocenters. The molecule has 2 heterocycles. The van der Waals surface area contributed by atoms with Crippen LogP contribution in [0.2, 0.25) is 0 Å². The van der Waals surface area contributed by atoms with E-state index < -0.39 is 5.60 Å². The maximum Gasteiger partial charge on any atom is 0.410 e. The number of hydrogen-bond donors (Lipinski definition) is 1. The van der Waals surface area contributed by atoms with Gasteiger partial charge in [0.2, 0.25) is 0 Å². The highest BCUT2D eigenvalue weighted by atomic mass is 16.6. The third-order valence-corrected chi connectivity index (χ3v) is 7.09. The Morgan fingerprint density at radius 2 is 1.55 bits per heavy atom. The molecule has 212 valence electrons. The Hall–Kier alpha value is -3.87. The van der Waals surface area contributed by atoms with E-state index >= 15 is 0 Å². The van der Waals surface area contributed by atoms with Crippen LogP contribution in [0.1, 0.15) is 81.8 Å². The van der Waals surface area contributed by atoms with Gasteiger partial charge >= 0.3 is 6.09 Å². The Labute approximate surface area is 238 Å². The van der Waals surface area contributed by atoms with E-state index in [9.17, 15) is 9.59 Å². The number of benzene rings is 2. The molecule has 7 heteroatoms. The number of nitrogens with one attached hydrogen (secondary N) is 1. The SMILES string of the molecule is CC(C)c1ccc(-c2c(C(=O)Nc3ccc(N4CCN(C(=O)OC(C)(C)C)CC4)nc3)cccc2C(C)C)cc1. The number of pyridine rings is 1. The molecule has 2 aromatic carbocycles. The van der Waals surface area contributed by atoms with Gasteiger partial charge in [-0.25, -0.2) is 9.78 Å². The van der Waals surface area contributed by atoms with Crippen LogP contribution >= 0.6 is 0 Å². The van der Waals surface area contributed by atoms with Crippen molar-refractivity contribution in [3.63, 3.8) is 0 Å². The molecule has 1 N–H and O–H groups in total. The maximum atomic E-state index is 13.5. The Balaban J connectivity index is 1.47. The van der Waals surface area contributed by atoms with Gasteiger partial charge in [-0.15, -0.1) is 0 Å². The predicted molar refractivity (Wildman–Crippen MR) is 162 cm³/mol. The standard InChI is InChI=1S/C33H42N4O3/c1-22(2)24-11-13-25(14-12-24)30-27(23(3)4)9-8-10-28(30)31(38)35-26-15-16-29(34-21-26)36-17-19-37(20-18-36)32(39)40-33(5,6)7/h8-16,21-23H,17-20H2,1-7H3,(H,35,38). The molecule has 1 aliphatic rings. The van der Waals surface area contributed by atoms with Crippen LogP contribution in [0.25, 0.3) is 11.1 Å². The number of ether oxygens (including phenoxy) is 1. The molecule has 0 aliphatic carbocycles. The van der Waals surface area contributed by atoms with Gasteiger partial charge in [0.05, 0.1) is 11.9 Å². The monoisotopic (exact) mass is 542 g/mol. The Bertz CT molecular complexity index is 1320. The molecule has 4 rings (SSSR count). The van der Waals surface area contributed by atoms with Crippen LogP contribution in [0.3, 0.4) is 0 Å². The van der Waals surface area contributed by atoms with E-state index in [0.29, 0.717) is 43.3 Å². The summed E-state index contributed by atoms with van der Waals surface area (Å²) in [6, 6.07) is 18.3. The maximum absolute atomic E-state index is 13.5. The van der Waals surface area contributed by atoms with Gasteiger partial charge < -0.3 is 19.9 Å². The number of piperazine rings is 1. The minimum Gasteiger partial charge on any atom is -0.444 e. The quantitative estimate of drug-likeness (QED) is 0.354. The van der Waals surface area contributed by atoms with Gasteiger partial charge in [0, 0.05) is 31.7 Å². The lowest BCUT2D eigenvalue weighted by atomic mass is 9.87. The number of aromatic nitrogens is 1. The molecule has 2 amide bonds. The third-order valence-electron chi connectivity index (χ3n) is 7.09. The van der Waals surface area contributed by atoms with E-state index in [1.165, 1.54) is 5.56 Å². The van der Waals surface area contributed by atoms with Gasteiger partial charge in [0.1, 0.15) is 11.4 Å². The van der Waals surface area contributed by atoms with Crippen LogP contribution in [0, 0.1) is 0 Å². The fourth-order valence-corrected chi connectivity index (χ4v) is 4.89. The first-order valence-electron chi connectivity index (χ1n) is 14.2. The summed E-state index contributed by atoms with van der Waals surface area (Å²) >= 11 is 0. The molecule has 1 aliphatic heterocycles. The first-order valence-corrected chi connectivity index (χ1v) is 14.2. The fourth-order valence-electron chi connectivity index (χ4n) is 4.89. The van der Waals surface area contributed by atoms with Crippen molar-refractivity contribution in [2.24, 2.45) is 0 Å². The fraction of sp³-hybridized carbons (Fsp3) is 0.424. The summed E-state index contributed by atoms with van der Waals surface area (Å²) in [5.41, 5.74) is 5.20. The number of carbonyl (C=O) groups is 2. The highest BCUT2D eigenvalue weighted by Crippen LogP contribution is 2.34. The van der Waals surface area contributed by atoms with Crippen LogP contribution in [0.15, 0.2) is 60.8 Å². The number of hydrogen-bond acceptors (Lipinski definition) is 5. The Morgan fingerprint density at radius 3 is 2.10 bits per heavy atom. The zero-order valence-electron chi connectivity index (χ0n) is 24.8. The van der Waals surface area contributed by atoms with Crippen LogP contribution in [-0.2, 0) is 4.74 Å². The minimum absolute atomic E-state index is 0.161. The Morgan fingerprint density at radius 1 is 0.875 bits per heavy atom. The van der Waals surface area contributed by atoms with Gasteiger partial charge in [-0.1, -0.05) is 64.1 Å². The second-order valence-electron chi connectivity index (χ2n) is 12.0. The molecule has 0 unspecified atom stereocenters. The van der Waals surface area contributed by atoms with E-state index in [0.717, 1.165) is 22.5 Å². The molecule has 0 saturated carbocycles. The summed E-state index contributed by atoms with van der Waals surface area (Å²) in [6.07, 6.45) is 1.41. The van der Waals surface area contributed by atoms with Crippen molar-refractivity contribution in [3.8, 4) is 11.1 Å². The first-order chi connectivity index (χ1) is 18.9. The van der Waals surface area contributed by atoms with Crippen LogP contribution in [0.4, 0.5) is 16.3 Å². The van der Waals surface area contributed by atoms with Crippen molar-refractivity contribution in [1.29, 1.82) is 0 Å². The molecule has 1 aromatic heterocycles. The molecule has 7 nitrogen and oxygen atoms in total. The summed E-state index contributed by atoms with van der Waals surface area (Å²) in [7, 11) is 0. The van der Waals surface area contributed by atoms with Gasteiger partial charge in [-0.3, -0.25) is 4.79 Å². The van der Waals surface area contributed by atoms with Crippen molar-refractivity contribution in [2.75, 3.05) is 36.4 Å². The van der Waals surface area contributed by atoms with Gasteiger partial charge in [-0.05, 0) is 73.1 Å². The minimum atomic E-state index is -0.509. The lowest BCUT2D eigenvalue weighted by molar-refractivity contribution is 0.0240. The summed E-state index contributed by atoms with van der Waals surface area (Å²) in [5.74, 6) is 1.37. The molecule has 40 heavy (non-hydrogen) atoms. The molecule has 0 spiro atoms. The van der Waals surface area contributed by atoms with Crippen molar-refractivity contribution in [3.05, 3.63) is 77.5 Å². The molecular formula is C33H42N4O3. The molecule has 0 radical (unpaired) electrons. The number of carbonyl (C=O) groups excluding carboxylic acids is 2. The number of rotatable bonds is 6. The second-order valence-corrected chi connectivity index (χ2v) is 12.0. The Kier molecular flexibility index (Phi) is 8.82. The number of anilines is 2. The van der Waals surface area contributed by atoms with E-state index in [1.807, 2.05) is 45.0 Å². The highest BCUT2D eigenvalue weighted by molar-refractivity contribution is 6.09. The normalized spacial score (nSPS) is 14.0. The second kappa shape index (κ2) is 12.1. The lowest BCUT2D eigenvalue weighted by Gasteiger charge is -2.36. The number of amides is 2. The van der Waals surface area contributed by atoms with Crippen molar-refractivity contribution >= 4 is 23.5 Å². The largest absolute Gasteiger partial charge is 0.444 e. The van der Waals surface area contributed by atoms with Gasteiger partial charge in [0.25, 0.3) is 5.91 Å². The predicted octanol–water partition coefficient (Wildman–Crippen LogP) is 7.30. The van der Waals surface area contributed by atoms with Crippen LogP contribution < -0.4 is 10.2 Å². The molecule has 1 fully saturated rings. The smallest absolute Gasteiger partial charge is 0.410 e. The lowest BCUT2D eigenvalue weighted by Crippen LogP contribution is -2.50. The van der Waals surface area contributed by atoms with Crippen molar-refractivity contribution < 1.29 is 14.3 Å². The van der Waals surface area contributed by atoms with E-state index in [4.69, 9.17) is 4.74 Å². The molecular weight excluding hydrogens is 500 g/mol. The summed E-state index contributed by atoms with van der Waals surface area (Å²) in [6.45, 7) is 16.8. The summed E-state index contributed by atoms with van der Waals surface area (Å²) < 4.78 is 5.49. The van der Waals surface area contributed by atoms with E-state index in [2.05, 4.69) is 73.2 Å². The molecule has 0 bridgehead atoms. The van der Waals surface area contributed by atoms with Gasteiger partial charge in [0.15, 0.2) is 0 Å². The third kappa shape index (κ3) is 7.00. The van der Waals surface area contributed by atoms with Crippen LogP contribution in [-0.4, -0.2) is 53.7 Å². The molecule has 3 aromatic rings. The first kappa shape index (κ1) is 29.1. The molecule has 1 saturated heterocycles. The van der Waals surface area contributed by atoms with E-state index in [-0.39, 0.29) is 17.9 Å². The summed E-state index contributed by atoms with van der Waals surface area (Å²) in [4.78, 5) is 34.4. The average Bonchev–Trinajstić information content (AvgIpc) is 2.92. The zero-order valence-corrected chi connectivity index (χ0v) is 24.8. The highest BCUT2D eigenvalue weighted by Gasteiger charge is 2.26. The van der Waals surface area contributed by atoms with Gasteiger partial charge in [-0.2, -0.15) is 0 Å². The topological polar surface area (TPSA) is 74.8 Å². The van der Waals surface area contributed by atoms with E-state index in [1.54, 1.807) is 11.1 Å². The van der Waals surface area contributed by atoms with Crippen molar-refractivity contribution in [1.82, 2.24) is 9.88 Å². The van der Waals surface area contributed by atoms with Crippen LogP contribution in [0.5, 0.6) is 0 Å². The van der Waals surface area contributed by atoms with Crippen molar-refractivity contribution in [2.45, 2.75) is 65.9 Å². The average molecular weight is 543 g/mol. The zero-order chi connectivity index (χ0) is 29.0. The summed E-state index contributed by atoms with van der Waals surface area (Å²) in [5, 5.41) is 3.05. The number of nitrogens with zero attached hydrogens (tertiary/aromatic N) is 3.